The molecule has 1 N–H and O–H groups in total. The van der Waals surface area contributed by atoms with Gasteiger partial charge >= 0.3 is 0 Å². The highest BCUT2D eigenvalue weighted by atomic mass is 16.5. The van der Waals surface area contributed by atoms with Crippen LogP contribution in [0.5, 0.6) is 0 Å². The van der Waals surface area contributed by atoms with Crippen LogP contribution in [0.25, 0.3) is 0 Å². The van der Waals surface area contributed by atoms with E-state index in [2.05, 4.69) is 18.8 Å². The fourth-order valence-electron chi connectivity index (χ4n) is 3.13. The van der Waals surface area contributed by atoms with Crippen LogP contribution in [0.2, 0.25) is 0 Å². The SMILES string of the molecule is C=CCCC(NCC)C1CC2CCC1O2. The third kappa shape index (κ3) is 2.43. The lowest BCUT2D eigenvalue weighted by molar-refractivity contribution is 0.0852. The average Bonchev–Trinajstić information content (AvgIpc) is 2.85. The van der Waals surface area contributed by atoms with Crippen LogP contribution >= 0.6 is 0 Å². The maximum atomic E-state index is 5.93. The van der Waals surface area contributed by atoms with Crippen molar-refractivity contribution in [1.82, 2.24) is 5.32 Å². The van der Waals surface area contributed by atoms with Crippen molar-refractivity contribution < 1.29 is 4.74 Å². The first kappa shape index (κ1) is 11.2. The fraction of sp³-hybridized carbons (Fsp3) is 0.846. The van der Waals surface area contributed by atoms with Crippen LogP contribution in [0.15, 0.2) is 12.7 Å². The Morgan fingerprint density at radius 2 is 2.40 bits per heavy atom. The predicted octanol–water partition coefficient (Wildman–Crippen LogP) is 2.50. The van der Waals surface area contributed by atoms with Crippen molar-refractivity contribution >= 4 is 0 Å². The molecule has 0 aromatic rings. The van der Waals surface area contributed by atoms with Gasteiger partial charge in [0.25, 0.3) is 0 Å². The molecule has 4 unspecified atom stereocenters. The van der Waals surface area contributed by atoms with Crippen molar-refractivity contribution in [2.45, 2.75) is 57.3 Å². The second-order valence-electron chi connectivity index (χ2n) is 4.80. The summed E-state index contributed by atoms with van der Waals surface area (Å²) in [4.78, 5) is 0. The smallest absolute Gasteiger partial charge is 0.0623 e. The molecule has 2 heteroatoms. The number of hydrogen-bond donors (Lipinski definition) is 1. The van der Waals surface area contributed by atoms with Gasteiger partial charge in [0.05, 0.1) is 12.2 Å². The summed E-state index contributed by atoms with van der Waals surface area (Å²) in [6.07, 6.45) is 9.33. The first-order chi connectivity index (χ1) is 7.35. The predicted molar refractivity (Wildman–Crippen MR) is 62.9 cm³/mol. The Labute approximate surface area is 93.1 Å². The molecular formula is C13H23NO. The molecule has 0 aromatic carbocycles. The summed E-state index contributed by atoms with van der Waals surface area (Å²) in [5.74, 6) is 0.753. The molecule has 86 valence electrons. The van der Waals surface area contributed by atoms with Crippen molar-refractivity contribution in [3.63, 3.8) is 0 Å². The number of allylic oxidation sites excluding steroid dienone is 1. The van der Waals surface area contributed by atoms with E-state index in [1.165, 1.54) is 25.7 Å². The Hall–Kier alpha value is -0.340. The molecule has 2 rings (SSSR count). The summed E-state index contributed by atoms with van der Waals surface area (Å²) >= 11 is 0. The Kier molecular flexibility index (Phi) is 3.81. The lowest BCUT2D eigenvalue weighted by Crippen LogP contribution is -2.40. The van der Waals surface area contributed by atoms with Crippen molar-refractivity contribution in [3.8, 4) is 0 Å². The maximum Gasteiger partial charge on any atom is 0.0623 e. The van der Waals surface area contributed by atoms with Gasteiger partial charge in [0.2, 0.25) is 0 Å². The van der Waals surface area contributed by atoms with Crippen molar-refractivity contribution in [2.75, 3.05) is 6.54 Å². The number of ether oxygens (including phenoxy) is 1. The Bertz CT molecular complexity index is 217. The monoisotopic (exact) mass is 209 g/mol. The Balaban J connectivity index is 1.89. The zero-order valence-electron chi connectivity index (χ0n) is 9.74. The van der Waals surface area contributed by atoms with E-state index in [1.54, 1.807) is 0 Å². The lowest BCUT2D eigenvalue weighted by atomic mass is 9.82. The van der Waals surface area contributed by atoms with E-state index in [-0.39, 0.29) is 0 Å². The second-order valence-corrected chi connectivity index (χ2v) is 4.80. The van der Waals surface area contributed by atoms with Crippen LogP contribution in [0.1, 0.15) is 39.0 Å². The summed E-state index contributed by atoms with van der Waals surface area (Å²) in [5, 5.41) is 3.62. The van der Waals surface area contributed by atoms with Gasteiger partial charge in [-0.05, 0) is 38.6 Å². The van der Waals surface area contributed by atoms with Crippen molar-refractivity contribution in [1.29, 1.82) is 0 Å². The standard InChI is InChI=1S/C13H23NO/c1-3-5-6-12(14-4-2)11-9-10-7-8-13(11)15-10/h3,10-14H,1,4-9H2,2H3. The number of hydrogen-bond acceptors (Lipinski definition) is 2. The molecule has 2 heterocycles. The van der Waals surface area contributed by atoms with Crippen molar-refractivity contribution in [3.05, 3.63) is 12.7 Å². The molecule has 2 aliphatic heterocycles. The first-order valence-corrected chi connectivity index (χ1v) is 6.35. The molecular weight excluding hydrogens is 186 g/mol. The molecule has 0 aromatic heterocycles. The van der Waals surface area contributed by atoms with E-state index < -0.39 is 0 Å². The zero-order valence-corrected chi connectivity index (χ0v) is 9.74. The molecule has 15 heavy (non-hydrogen) atoms. The van der Waals surface area contributed by atoms with Gasteiger partial charge < -0.3 is 10.1 Å². The van der Waals surface area contributed by atoms with Gasteiger partial charge in [-0.25, -0.2) is 0 Å². The maximum absolute atomic E-state index is 5.93. The molecule has 0 spiro atoms. The highest BCUT2D eigenvalue weighted by Gasteiger charge is 2.43. The van der Waals surface area contributed by atoms with Gasteiger partial charge in [-0.2, -0.15) is 0 Å². The molecule has 0 amide bonds. The molecule has 2 fully saturated rings. The van der Waals surface area contributed by atoms with Gasteiger partial charge in [0.15, 0.2) is 0 Å². The van der Waals surface area contributed by atoms with Gasteiger partial charge in [-0.3, -0.25) is 0 Å². The highest BCUT2D eigenvalue weighted by molar-refractivity contribution is 4.95. The molecule has 2 aliphatic rings. The second kappa shape index (κ2) is 5.13. The summed E-state index contributed by atoms with van der Waals surface area (Å²) in [7, 11) is 0. The minimum Gasteiger partial charge on any atom is -0.375 e. The minimum atomic E-state index is 0.545. The van der Waals surface area contributed by atoms with Gasteiger partial charge in [-0.1, -0.05) is 13.0 Å². The van der Waals surface area contributed by atoms with Crippen LogP contribution < -0.4 is 5.32 Å². The average molecular weight is 209 g/mol. The Morgan fingerprint density at radius 3 is 2.93 bits per heavy atom. The van der Waals surface area contributed by atoms with Gasteiger partial charge in [0.1, 0.15) is 0 Å². The van der Waals surface area contributed by atoms with E-state index in [4.69, 9.17) is 4.74 Å². The van der Waals surface area contributed by atoms with Gasteiger partial charge in [0, 0.05) is 12.0 Å². The van der Waals surface area contributed by atoms with Crippen LogP contribution in [0.4, 0.5) is 0 Å². The lowest BCUT2D eigenvalue weighted by Gasteiger charge is -2.28. The molecule has 0 saturated carbocycles. The third-order valence-electron chi connectivity index (χ3n) is 3.82. The topological polar surface area (TPSA) is 21.3 Å². The first-order valence-electron chi connectivity index (χ1n) is 6.35. The number of fused-ring (bicyclic) bond motifs is 2. The molecule has 0 radical (unpaired) electrons. The van der Waals surface area contributed by atoms with E-state index in [0.29, 0.717) is 18.2 Å². The van der Waals surface area contributed by atoms with Gasteiger partial charge in [-0.15, -0.1) is 6.58 Å². The molecule has 2 bridgehead atoms. The Morgan fingerprint density at radius 1 is 1.53 bits per heavy atom. The van der Waals surface area contributed by atoms with Crippen molar-refractivity contribution in [2.24, 2.45) is 5.92 Å². The normalized spacial score (nSPS) is 35.7. The fourth-order valence-corrected chi connectivity index (χ4v) is 3.13. The molecule has 2 nitrogen and oxygen atoms in total. The quantitative estimate of drug-likeness (QED) is 0.679. The summed E-state index contributed by atoms with van der Waals surface area (Å²) in [5.41, 5.74) is 0. The number of rotatable bonds is 6. The van der Waals surface area contributed by atoms with E-state index in [1.807, 2.05) is 6.08 Å². The van der Waals surface area contributed by atoms with E-state index in [0.717, 1.165) is 18.9 Å². The number of nitrogens with one attached hydrogen (secondary N) is 1. The molecule has 4 atom stereocenters. The summed E-state index contributed by atoms with van der Waals surface area (Å²) in [6, 6.07) is 0.642. The van der Waals surface area contributed by atoms with Crippen LogP contribution in [-0.4, -0.2) is 24.8 Å². The highest BCUT2D eigenvalue weighted by Crippen LogP contribution is 2.41. The van der Waals surface area contributed by atoms with E-state index >= 15 is 0 Å². The van der Waals surface area contributed by atoms with Crippen LogP contribution in [0, 0.1) is 5.92 Å². The van der Waals surface area contributed by atoms with Crippen LogP contribution in [0.3, 0.4) is 0 Å². The van der Waals surface area contributed by atoms with Crippen LogP contribution in [-0.2, 0) is 4.74 Å². The zero-order chi connectivity index (χ0) is 10.7. The largest absolute Gasteiger partial charge is 0.375 e. The molecule has 0 aliphatic carbocycles. The summed E-state index contributed by atoms with van der Waals surface area (Å²) in [6.45, 7) is 7.06. The minimum absolute atomic E-state index is 0.545. The van der Waals surface area contributed by atoms with E-state index in [9.17, 15) is 0 Å². The molecule has 2 saturated heterocycles. The summed E-state index contributed by atoms with van der Waals surface area (Å²) < 4.78 is 5.93. The third-order valence-corrected chi connectivity index (χ3v) is 3.82.